The number of hydrogen-bond donors (Lipinski definition) is 1. The summed E-state index contributed by atoms with van der Waals surface area (Å²) < 4.78 is 18.7. The lowest BCUT2D eigenvalue weighted by Gasteiger charge is -2.00. The van der Waals surface area contributed by atoms with Crippen molar-refractivity contribution in [3.05, 3.63) is 48.3 Å². The van der Waals surface area contributed by atoms with E-state index in [1.807, 2.05) is 18.2 Å². The zero-order valence-electron chi connectivity index (χ0n) is 8.85. The van der Waals surface area contributed by atoms with Crippen LogP contribution in [0.15, 0.2) is 46.9 Å². The van der Waals surface area contributed by atoms with Crippen molar-refractivity contribution in [1.29, 1.82) is 0 Å². The fourth-order valence-electron chi connectivity index (χ4n) is 1.70. The van der Waals surface area contributed by atoms with Gasteiger partial charge in [0.15, 0.2) is 5.58 Å². The predicted octanol–water partition coefficient (Wildman–Crippen LogP) is 3.22. The highest BCUT2D eigenvalue weighted by atomic mass is 19.1. The van der Waals surface area contributed by atoms with Crippen molar-refractivity contribution in [2.75, 3.05) is 5.73 Å². The third kappa shape index (κ3) is 1.63. The standard InChI is InChI=1S/C13H9FN2O/c14-8-5-6-10(15)9(7-8)13-16-11-3-1-2-4-12(11)17-13/h1-7H,15H2. The highest BCUT2D eigenvalue weighted by Crippen LogP contribution is 2.28. The van der Waals surface area contributed by atoms with E-state index in [1.54, 1.807) is 6.07 Å². The highest BCUT2D eigenvalue weighted by molar-refractivity contribution is 5.79. The SMILES string of the molecule is Nc1ccc(F)cc1-c1nc2ccccc2o1. The molecule has 0 fully saturated rings. The van der Waals surface area contributed by atoms with Crippen LogP contribution in [0.1, 0.15) is 0 Å². The first-order valence-electron chi connectivity index (χ1n) is 5.15. The summed E-state index contributed by atoms with van der Waals surface area (Å²) in [7, 11) is 0. The number of fused-ring (bicyclic) bond motifs is 1. The van der Waals surface area contributed by atoms with E-state index < -0.39 is 0 Å². The van der Waals surface area contributed by atoms with Crippen LogP contribution in [-0.2, 0) is 0 Å². The number of anilines is 1. The molecule has 2 aromatic carbocycles. The molecular formula is C13H9FN2O. The molecule has 3 nitrogen and oxygen atoms in total. The van der Waals surface area contributed by atoms with Gasteiger partial charge in [-0.15, -0.1) is 0 Å². The molecule has 3 aromatic rings. The van der Waals surface area contributed by atoms with Crippen molar-refractivity contribution in [2.24, 2.45) is 0 Å². The van der Waals surface area contributed by atoms with Gasteiger partial charge in [-0.05, 0) is 30.3 Å². The number of halogens is 1. The topological polar surface area (TPSA) is 52.0 Å². The Labute approximate surface area is 96.7 Å². The highest BCUT2D eigenvalue weighted by Gasteiger charge is 2.11. The van der Waals surface area contributed by atoms with Crippen molar-refractivity contribution in [3.63, 3.8) is 0 Å². The maximum absolute atomic E-state index is 13.2. The van der Waals surface area contributed by atoms with Gasteiger partial charge < -0.3 is 10.2 Å². The molecule has 0 unspecified atom stereocenters. The van der Waals surface area contributed by atoms with E-state index in [0.29, 0.717) is 22.7 Å². The molecule has 1 aromatic heterocycles. The Balaban J connectivity index is 2.23. The normalized spacial score (nSPS) is 10.9. The molecule has 0 aliphatic rings. The van der Waals surface area contributed by atoms with E-state index in [0.717, 1.165) is 5.52 Å². The molecule has 0 radical (unpaired) electrons. The molecule has 0 atom stereocenters. The summed E-state index contributed by atoms with van der Waals surface area (Å²) in [5.41, 5.74) is 8.08. The lowest BCUT2D eigenvalue weighted by Crippen LogP contribution is -1.90. The maximum Gasteiger partial charge on any atom is 0.229 e. The number of benzene rings is 2. The minimum absolute atomic E-state index is 0.336. The molecule has 0 amide bonds. The second-order valence-corrected chi connectivity index (χ2v) is 3.72. The Kier molecular flexibility index (Phi) is 2.08. The van der Waals surface area contributed by atoms with Gasteiger partial charge >= 0.3 is 0 Å². The van der Waals surface area contributed by atoms with Gasteiger partial charge in [0.2, 0.25) is 5.89 Å². The smallest absolute Gasteiger partial charge is 0.229 e. The molecule has 84 valence electrons. The number of rotatable bonds is 1. The Bertz CT molecular complexity index is 658. The van der Waals surface area contributed by atoms with Crippen LogP contribution in [0.3, 0.4) is 0 Å². The van der Waals surface area contributed by atoms with Crippen LogP contribution >= 0.6 is 0 Å². The fraction of sp³-hybridized carbons (Fsp3) is 0. The molecule has 0 spiro atoms. The molecular weight excluding hydrogens is 219 g/mol. The van der Waals surface area contributed by atoms with E-state index >= 15 is 0 Å². The van der Waals surface area contributed by atoms with Crippen LogP contribution < -0.4 is 5.73 Å². The number of aromatic nitrogens is 1. The number of nitrogens with zero attached hydrogens (tertiary/aromatic N) is 1. The lowest BCUT2D eigenvalue weighted by molar-refractivity contribution is 0.611. The molecule has 3 rings (SSSR count). The van der Waals surface area contributed by atoms with Crippen LogP contribution in [-0.4, -0.2) is 4.98 Å². The lowest BCUT2D eigenvalue weighted by atomic mass is 10.2. The maximum atomic E-state index is 13.2. The molecule has 2 N–H and O–H groups in total. The first-order valence-corrected chi connectivity index (χ1v) is 5.15. The van der Waals surface area contributed by atoms with E-state index in [1.165, 1.54) is 18.2 Å². The van der Waals surface area contributed by atoms with E-state index in [-0.39, 0.29) is 5.82 Å². The summed E-state index contributed by atoms with van der Waals surface area (Å²) in [6.07, 6.45) is 0. The minimum Gasteiger partial charge on any atom is -0.436 e. The summed E-state index contributed by atoms with van der Waals surface area (Å²) >= 11 is 0. The number of para-hydroxylation sites is 2. The van der Waals surface area contributed by atoms with Crippen molar-refractivity contribution in [2.45, 2.75) is 0 Å². The largest absolute Gasteiger partial charge is 0.436 e. The summed E-state index contributed by atoms with van der Waals surface area (Å²) in [6, 6.07) is 11.5. The Morgan fingerprint density at radius 1 is 1.12 bits per heavy atom. The van der Waals surface area contributed by atoms with Crippen LogP contribution in [0.2, 0.25) is 0 Å². The van der Waals surface area contributed by atoms with Gasteiger partial charge in [0.1, 0.15) is 11.3 Å². The zero-order chi connectivity index (χ0) is 11.8. The number of nitrogen functional groups attached to an aromatic ring is 1. The minimum atomic E-state index is -0.364. The third-order valence-electron chi connectivity index (χ3n) is 2.54. The third-order valence-corrected chi connectivity index (χ3v) is 2.54. The number of hydrogen-bond acceptors (Lipinski definition) is 3. The van der Waals surface area contributed by atoms with Crippen molar-refractivity contribution in [3.8, 4) is 11.5 Å². The van der Waals surface area contributed by atoms with E-state index in [9.17, 15) is 4.39 Å². The molecule has 4 heteroatoms. The molecule has 0 aliphatic heterocycles. The van der Waals surface area contributed by atoms with E-state index in [4.69, 9.17) is 10.2 Å². The van der Waals surface area contributed by atoms with Crippen molar-refractivity contribution >= 4 is 16.8 Å². The first-order chi connectivity index (χ1) is 8.24. The zero-order valence-corrected chi connectivity index (χ0v) is 8.85. The molecule has 1 heterocycles. The predicted molar refractivity (Wildman–Crippen MR) is 63.8 cm³/mol. The fourth-order valence-corrected chi connectivity index (χ4v) is 1.70. The van der Waals surface area contributed by atoms with Gasteiger partial charge in [-0.3, -0.25) is 0 Å². The summed E-state index contributed by atoms with van der Waals surface area (Å²) in [5.74, 6) is -0.0281. The van der Waals surface area contributed by atoms with Crippen LogP contribution in [0.5, 0.6) is 0 Å². The second-order valence-electron chi connectivity index (χ2n) is 3.72. The first kappa shape index (κ1) is 9.84. The van der Waals surface area contributed by atoms with E-state index in [2.05, 4.69) is 4.98 Å². The van der Waals surface area contributed by atoms with Crippen LogP contribution in [0.25, 0.3) is 22.6 Å². The van der Waals surface area contributed by atoms with Gasteiger partial charge in [-0.2, -0.15) is 0 Å². The van der Waals surface area contributed by atoms with Gasteiger partial charge in [0, 0.05) is 5.69 Å². The van der Waals surface area contributed by atoms with Crippen molar-refractivity contribution in [1.82, 2.24) is 4.98 Å². The average molecular weight is 228 g/mol. The van der Waals surface area contributed by atoms with Gasteiger partial charge in [0.05, 0.1) is 5.56 Å². The quantitative estimate of drug-likeness (QED) is 0.650. The van der Waals surface area contributed by atoms with Gasteiger partial charge in [-0.1, -0.05) is 12.1 Å². The molecule has 0 saturated carbocycles. The molecule has 17 heavy (non-hydrogen) atoms. The summed E-state index contributed by atoms with van der Waals surface area (Å²) in [4.78, 5) is 4.27. The van der Waals surface area contributed by atoms with Crippen molar-refractivity contribution < 1.29 is 8.81 Å². The molecule has 0 aliphatic carbocycles. The Hall–Kier alpha value is -2.36. The Morgan fingerprint density at radius 2 is 1.94 bits per heavy atom. The monoisotopic (exact) mass is 228 g/mol. The van der Waals surface area contributed by atoms with Gasteiger partial charge in [-0.25, -0.2) is 9.37 Å². The van der Waals surface area contributed by atoms with Crippen LogP contribution in [0.4, 0.5) is 10.1 Å². The Morgan fingerprint density at radius 3 is 2.76 bits per heavy atom. The number of oxazole rings is 1. The van der Waals surface area contributed by atoms with Crippen LogP contribution in [0, 0.1) is 5.82 Å². The average Bonchev–Trinajstić information content (AvgIpc) is 2.75. The summed E-state index contributed by atoms with van der Waals surface area (Å²) in [6.45, 7) is 0. The molecule has 0 bridgehead atoms. The summed E-state index contributed by atoms with van der Waals surface area (Å²) in [5, 5.41) is 0. The van der Waals surface area contributed by atoms with Gasteiger partial charge in [0.25, 0.3) is 0 Å². The number of nitrogens with two attached hydrogens (primary N) is 1. The molecule has 0 saturated heterocycles. The second kappa shape index (κ2) is 3.59.